The van der Waals surface area contributed by atoms with E-state index in [1.165, 1.54) is 5.56 Å². The first kappa shape index (κ1) is 18.9. The van der Waals surface area contributed by atoms with Crippen molar-refractivity contribution in [1.82, 2.24) is 4.98 Å². The highest BCUT2D eigenvalue weighted by Crippen LogP contribution is 2.26. The van der Waals surface area contributed by atoms with Crippen molar-refractivity contribution in [3.8, 4) is 11.3 Å². The van der Waals surface area contributed by atoms with Crippen molar-refractivity contribution in [2.24, 2.45) is 0 Å². The first-order valence-corrected chi connectivity index (χ1v) is 10.0. The number of hydrogen-bond donors (Lipinski definition) is 1. The molecule has 0 spiro atoms. The predicted octanol–water partition coefficient (Wildman–Crippen LogP) is 6.67. The van der Waals surface area contributed by atoms with E-state index in [0.29, 0.717) is 11.5 Å². The Kier molecular flexibility index (Phi) is 5.39. The van der Waals surface area contributed by atoms with Gasteiger partial charge in [0.2, 0.25) is 0 Å². The highest BCUT2D eigenvalue weighted by molar-refractivity contribution is 6.13. The lowest BCUT2D eigenvalue weighted by Gasteiger charge is -2.12. The van der Waals surface area contributed by atoms with Crippen LogP contribution >= 0.6 is 0 Å². The van der Waals surface area contributed by atoms with Crippen molar-refractivity contribution >= 4 is 22.5 Å². The zero-order chi connectivity index (χ0) is 20.2. The fourth-order valence-corrected chi connectivity index (χ4v) is 3.45. The molecule has 0 saturated heterocycles. The topological polar surface area (TPSA) is 42.0 Å². The van der Waals surface area contributed by atoms with Gasteiger partial charge >= 0.3 is 0 Å². The molecule has 0 bridgehead atoms. The largest absolute Gasteiger partial charge is 0.322 e. The Labute approximate surface area is 171 Å². The molecule has 1 atom stereocenters. The molecule has 0 radical (unpaired) electrons. The summed E-state index contributed by atoms with van der Waals surface area (Å²) in [6.45, 7) is 4.39. The summed E-state index contributed by atoms with van der Waals surface area (Å²) < 4.78 is 0. The molecule has 1 aromatic heterocycles. The number of pyridine rings is 1. The Morgan fingerprint density at radius 3 is 2.34 bits per heavy atom. The van der Waals surface area contributed by atoms with Crippen LogP contribution in [0.25, 0.3) is 22.2 Å². The molecular formula is C26H24N2O. The smallest absolute Gasteiger partial charge is 0.256 e. The normalized spacial score (nSPS) is 11.9. The summed E-state index contributed by atoms with van der Waals surface area (Å²) in [5.74, 6) is 0.384. The molecular weight excluding hydrogens is 356 g/mol. The van der Waals surface area contributed by atoms with E-state index in [-0.39, 0.29) is 5.91 Å². The minimum Gasteiger partial charge on any atom is -0.322 e. The Hall–Kier alpha value is -3.46. The van der Waals surface area contributed by atoms with Crippen molar-refractivity contribution in [3.63, 3.8) is 0 Å². The minimum atomic E-state index is -0.128. The average molecular weight is 380 g/mol. The van der Waals surface area contributed by atoms with Gasteiger partial charge in [-0.05, 0) is 42.2 Å². The maximum atomic E-state index is 13.1. The van der Waals surface area contributed by atoms with E-state index in [0.717, 1.165) is 34.3 Å². The summed E-state index contributed by atoms with van der Waals surface area (Å²) in [5, 5.41) is 3.89. The van der Waals surface area contributed by atoms with Crippen LogP contribution in [0.3, 0.4) is 0 Å². The van der Waals surface area contributed by atoms with Gasteiger partial charge in [0.15, 0.2) is 0 Å². The van der Waals surface area contributed by atoms with Gasteiger partial charge in [-0.15, -0.1) is 0 Å². The van der Waals surface area contributed by atoms with Crippen molar-refractivity contribution in [3.05, 3.63) is 96.1 Å². The Bertz CT molecular complexity index is 1130. The molecule has 1 amide bonds. The van der Waals surface area contributed by atoms with Crippen LogP contribution in [0.5, 0.6) is 0 Å². The number of carbonyl (C=O) groups excluding carboxylic acids is 1. The zero-order valence-electron chi connectivity index (χ0n) is 16.7. The third-order valence-corrected chi connectivity index (χ3v) is 5.38. The van der Waals surface area contributed by atoms with Gasteiger partial charge < -0.3 is 5.32 Å². The lowest BCUT2D eigenvalue weighted by molar-refractivity contribution is 0.102. The molecule has 0 aliphatic carbocycles. The highest BCUT2D eigenvalue weighted by atomic mass is 16.1. The fraction of sp³-hybridized carbons (Fsp3) is 0.154. The minimum absolute atomic E-state index is 0.128. The molecule has 4 rings (SSSR count). The molecule has 0 fully saturated rings. The summed E-state index contributed by atoms with van der Waals surface area (Å²) in [5.41, 5.74) is 5.30. The van der Waals surface area contributed by atoms with Crippen LogP contribution in [0.15, 0.2) is 84.9 Å². The van der Waals surface area contributed by atoms with Gasteiger partial charge in [0.05, 0.1) is 16.8 Å². The van der Waals surface area contributed by atoms with E-state index < -0.39 is 0 Å². The highest BCUT2D eigenvalue weighted by Gasteiger charge is 2.14. The van der Waals surface area contributed by atoms with Gasteiger partial charge in [-0.25, -0.2) is 4.98 Å². The maximum absolute atomic E-state index is 13.1. The van der Waals surface area contributed by atoms with Crippen LogP contribution in [-0.4, -0.2) is 10.9 Å². The number of carbonyl (C=O) groups is 1. The van der Waals surface area contributed by atoms with Crippen molar-refractivity contribution in [1.29, 1.82) is 0 Å². The Balaban J connectivity index is 1.70. The Morgan fingerprint density at radius 2 is 1.62 bits per heavy atom. The molecule has 144 valence electrons. The lowest BCUT2D eigenvalue weighted by Crippen LogP contribution is -2.13. The van der Waals surface area contributed by atoms with Crippen LogP contribution < -0.4 is 5.32 Å². The summed E-state index contributed by atoms with van der Waals surface area (Å²) in [6.07, 6.45) is 1.09. The number of nitrogens with zero attached hydrogens (tertiary/aromatic N) is 1. The summed E-state index contributed by atoms with van der Waals surface area (Å²) in [7, 11) is 0. The molecule has 1 N–H and O–H groups in total. The third kappa shape index (κ3) is 4.04. The molecule has 0 aliphatic heterocycles. The zero-order valence-corrected chi connectivity index (χ0v) is 16.7. The molecule has 1 heterocycles. The van der Waals surface area contributed by atoms with Crippen LogP contribution in [0.1, 0.15) is 42.1 Å². The number of amides is 1. The number of rotatable bonds is 5. The first-order chi connectivity index (χ1) is 14.2. The molecule has 3 aromatic carbocycles. The van der Waals surface area contributed by atoms with Crippen molar-refractivity contribution in [2.45, 2.75) is 26.2 Å². The lowest BCUT2D eigenvalue weighted by atomic mass is 9.98. The van der Waals surface area contributed by atoms with Gasteiger partial charge in [0.25, 0.3) is 5.91 Å². The number of nitrogens with one attached hydrogen (secondary N) is 1. The van der Waals surface area contributed by atoms with E-state index in [9.17, 15) is 4.79 Å². The molecule has 29 heavy (non-hydrogen) atoms. The number of aromatic nitrogens is 1. The third-order valence-electron chi connectivity index (χ3n) is 5.38. The van der Waals surface area contributed by atoms with E-state index in [1.807, 2.05) is 72.8 Å². The van der Waals surface area contributed by atoms with Gasteiger partial charge in [-0.2, -0.15) is 0 Å². The summed E-state index contributed by atoms with van der Waals surface area (Å²) >= 11 is 0. The van der Waals surface area contributed by atoms with E-state index in [4.69, 9.17) is 4.98 Å². The second kappa shape index (κ2) is 8.27. The van der Waals surface area contributed by atoms with Crippen molar-refractivity contribution < 1.29 is 4.79 Å². The second-order valence-electron chi connectivity index (χ2n) is 7.32. The summed E-state index contributed by atoms with van der Waals surface area (Å²) in [6, 6.07) is 27.7. The van der Waals surface area contributed by atoms with Crippen LogP contribution in [0, 0.1) is 0 Å². The number of para-hydroxylation sites is 1. The number of fused-ring (bicyclic) bond motifs is 1. The van der Waals surface area contributed by atoms with Gasteiger partial charge in [-0.1, -0.05) is 74.5 Å². The SMILES string of the molecule is CC[C@H](C)c1ccc(NC(=O)c2cc(-c3ccccc3)nc3ccccc23)cc1. The Morgan fingerprint density at radius 1 is 0.931 bits per heavy atom. The number of hydrogen-bond acceptors (Lipinski definition) is 2. The molecule has 3 heteroatoms. The van der Waals surface area contributed by atoms with Gasteiger partial charge in [0, 0.05) is 16.6 Å². The number of benzene rings is 3. The summed E-state index contributed by atoms with van der Waals surface area (Å²) in [4.78, 5) is 17.9. The molecule has 4 aromatic rings. The maximum Gasteiger partial charge on any atom is 0.256 e. The van der Waals surface area contributed by atoms with Crippen LogP contribution in [-0.2, 0) is 0 Å². The van der Waals surface area contributed by atoms with E-state index >= 15 is 0 Å². The molecule has 0 aliphatic rings. The van der Waals surface area contributed by atoms with Crippen LogP contribution in [0.2, 0.25) is 0 Å². The second-order valence-corrected chi connectivity index (χ2v) is 7.32. The quantitative estimate of drug-likeness (QED) is 0.420. The van der Waals surface area contributed by atoms with E-state index in [1.54, 1.807) is 0 Å². The number of anilines is 1. The predicted molar refractivity (Wildman–Crippen MR) is 120 cm³/mol. The fourth-order valence-electron chi connectivity index (χ4n) is 3.45. The van der Waals surface area contributed by atoms with Crippen molar-refractivity contribution in [2.75, 3.05) is 5.32 Å². The van der Waals surface area contributed by atoms with Gasteiger partial charge in [0.1, 0.15) is 0 Å². The standard InChI is InChI=1S/C26H24N2O/c1-3-18(2)19-13-15-21(16-14-19)27-26(29)23-17-25(20-9-5-4-6-10-20)28-24-12-8-7-11-22(23)24/h4-18H,3H2,1-2H3,(H,27,29)/t18-/m0/s1. The van der Waals surface area contributed by atoms with Gasteiger partial charge in [-0.3, -0.25) is 4.79 Å². The van der Waals surface area contributed by atoms with E-state index in [2.05, 4.69) is 31.3 Å². The first-order valence-electron chi connectivity index (χ1n) is 10.0. The molecule has 3 nitrogen and oxygen atoms in total. The van der Waals surface area contributed by atoms with Crippen LogP contribution in [0.4, 0.5) is 5.69 Å². The molecule has 0 saturated carbocycles. The monoisotopic (exact) mass is 380 g/mol. The average Bonchev–Trinajstić information content (AvgIpc) is 2.78. The molecule has 0 unspecified atom stereocenters.